The van der Waals surface area contributed by atoms with Gasteiger partial charge in [-0.15, -0.1) is 0 Å². The molecule has 132 valence electrons. The van der Waals surface area contributed by atoms with Crippen LogP contribution in [0.2, 0.25) is 0 Å². The first-order chi connectivity index (χ1) is 12.0. The van der Waals surface area contributed by atoms with Crippen LogP contribution in [0.3, 0.4) is 0 Å². The average molecular weight is 425 g/mol. The predicted octanol–water partition coefficient (Wildman–Crippen LogP) is 3.31. The number of phenols is 1. The zero-order valence-electron chi connectivity index (χ0n) is 13.4. The van der Waals surface area contributed by atoms with Crippen molar-refractivity contribution in [3.63, 3.8) is 0 Å². The second-order valence-electron chi connectivity index (χ2n) is 4.94. The molecule has 0 heterocycles. The molecule has 0 saturated carbocycles. The maximum Gasteiger partial charge on any atom is 0.257 e. The van der Waals surface area contributed by atoms with Crippen molar-refractivity contribution in [1.29, 1.82) is 0 Å². The van der Waals surface area contributed by atoms with E-state index >= 15 is 0 Å². The molecule has 0 unspecified atom stereocenters. The van der Waals surface area contributed by atoms with E-state index in [4.69, 9.17) is 21.7 Å². The summed E-state index contributed by atoms with van der Waals surface area (Å²) in [5.74, 6) is 0.428. The number of aromatic hydroxyl groups is 1. The molecule has 0 fully saturated rings. The highest BCUT2D eigenvalue weighted by Gasteiger charge is 2.11. The Morgan fingerprint density at radius 3 is 2.56 bits per heavy atom. The number of carbonyl (C=O) groups excluding carboxylic acids is 1. The van der Waals surface area contributed by atoms with Crippen LogP contribution in [0.15, 0.2) is 46.9 Å². The van der Waals surface area contributed by atoms with E-state index in [-0.39, 0.29) is 16.8 Å². The van der Waals surface area contributed by atoms with Gasteiger partial charge in [-0.2, -0.15) is 0 Å². The standard InChI is InChI=1S/C17H17BrN2O4S/c1-23-8-9-24-15-7-2-11(10-14(15)18)16(22)20-17(25)19-12-3-5-13(21)6-4-12/h2-7,10,21H,8-9H2,1H3,(H2,19,20,22,25). The molecule has 0 bridgehead atoms. The smallest absolute Gasteiger partial charge is 0.257 e. The Morgan fingerprint density at radius 2 is 1.92 bits per heavy atom. The van der Waals surface area contributed by atoms with Crippen molar-refractivity contribution in [2.75, 3.05) is 25.6 Å². The summed E-state index contributed by atoms with van der Waals surface area (Å²) in [6.07, 6.45) is 0. The lowest BCUT2D eigenvalue weighted by molar-refractivity contribution is 0.0977. The van der Waals surface area contributed by atoms with Gasteiger partial charge >= 0.3 is 0 Å². The van der Waals surface area contributed by atoms with Crippen molar-refractivity contribution in [3.8, 4) is 11.5 Å². The van der Waals surface area contributed by atoms with Crippen molar-refractivity contribution < 1.29 is 19.4 Å². The molecule has 0 aliphatic heterocycles. The number of anilines is 1. The number of amides is 1. The maximum absolute atomic E-state index is 12.3. The average Bonchev–Trinajstić information content (AvgIpc) is 2.58. The van der Waals surface area contributed by atoms with Crippen molar-refractivity contribution in [2.24, 2.45) is 0 Å². The molecule has 0 spiro atoms. The third kappa shape index (κ3) is 6.00. The molecule has 8 heteroatoms. The number of thiocarbonyl (C=S) groups is 1. The molecule has 0 aliphatic carbocycles. The van der Waals surface area contributed by atoms with E-state index in [1.54, 1.807) is 37.4 Å². The number of halogens is 1. The highest BCUT2D eigenvalue weighted by molar-refractivity contribution is 9.10. The maximum atomic E-state index is 12.3. The van der Waals surface area contributed by atoms with E-state index in [1.165, 1.54) is 12.1 Å². The van der Waals surface area contributed by atoms with E-state index < -0.39 is 0 Å². The summed E-state index contributed by atoms with van der Waals surface area (Å²) in [4.78, 5) is 12.3. The SMILES string of the molecule is COCCOc1ccc(C(=O)NC(=S)Nc2ccc(O)cc2)cc1Br. The van der Waals surface area contributed by atoms with Crippen LogP contribution in [0, 0.1) is 0 Å². The van der Waals surface area contributed by atoms with Crippen molar-refractivity contribution >= 4 is 44.9 Å². The predicted molar refractivity (Wildman–Crippen MR) is 103 cm³/mol. The van der Waals surface area contributed by atoms with Crippen LogP contribution in [-0.4, -0.2) is 36.4 Å². The zero-order valence-corrected chi connectivity index (χ0v) is 15.8. The molecule has 2 aromatic carbocycles. The minimum Gasteiger partial charge on any atom is -0.508 e. The van der Waals surface area contributed by atoms with Gasteiger partial charge in [0.1, 0.15) is 18.1 Å². The number of hydrogen-bond donors (Lipinski definition) is 3. The normalized spacial score (nSPS) is 10.2. The number of hydrogen-bond acceptors (Lipinski definition) is 5. The van der Waals surface area contributed by atoms with Gasteiger partial charge in [-0.3, -0.25) is 10.1 Å². The second kappa shape index (κ2) is 9.36. The van der Waals surface area contributed by atoms with Gasteiger partial charge in [-0.1, -0.05) is 0 Å². The van der Waals surface area contributed by atoms with Gasteiger partial charge in [-0.05, 0) is 70.6 Å². The minimum atomic E-state index is -0.347. The first-order valence-electron chi connectivity index (χ1n) is 7.32. The summed E-state index contributed by atoms with van der Waals surface area (Å²) in [6, 6.07) is 11.3. The summed E-state index contributed by atoms with van der Waals surface area (Å²) in [7, 11) is 1.60. The highest BCUT2D eigenvalue weighted by atomic mass is 79.9. The highest BCUT2D eigenvalue weighted by Crippen LogP contribution is 2.26. The molecular weight excluding hydrogens is 408 g/mol. The van der Waals surface area contributed by atoms with E-state index in [0.717, 1.165) is 0 Å². The Kier molecular flexibility index (Phi) is 7.17. The molecule has 0 atom stereocenters. The molecule has 3 N–H and O–H groups in total. The topological polar surface area (TPSA) is 79.8 Å². The number of ether oxygens (including phenoxy) is 2. The molecule has 1 amide bonds. The van der Waals surface area contributed by atoms with Gasteiger partial charge in [0.15, 0.2) is 5.11 Å². The van der Waals surface area contributed by atoms with Crippen LogP contribution in [0.5, 0.6) is 11.5 Å². The van der Waals surface area contributed by atoms with Crippen LogP contribution < -0.4 is 15.4 Å². The van der Waals surface area contributed by atoms with Crippen LogP contribution in [0.25, 0.3) is 0 Å². The summed E-state index contributed by atoms with van der Waals surface area (Å²) in [6.45, 7) is 0.896. The Balaban J connectivity index is 1.94. The zero-order chi connectivity index (χ0) is 18.2. The lowest BCUT2D eigenvalue weighted by Gasteiger charge is -2.11. The Labute approximate surface area is 159 Å². The van der Waals surface area contributed by atoms with Crippen molar-refractivity contribution in [3.05, 3.63) is 52.5 Å². The van der Waals surface area contributed by atoms with Crippen LogP contribution in [0.1, 0.15) is 10.4 Å². The quantitative estimate of drug-likeness (QED) is 0.375. The van der Waals surface area contributed by atoms with E-state index in [1.807, 2.05) is 0 Å². The fourth-order valence-corrected chi connectivity index (χ4v) is 2.58. The summed E-state index contributed by atoms with van der Waals surface area (Å²) in [5, 5.41) is 14.9. The number of phenolic OH excluding ortho intramolecular Hbond substituents is 1. The third-order valence-corrected chi connectivity index (χ3v) is 3.92. The molecule has 25 heavy (non-hydrogen) atoms. The van der Waals surface area contributed by atoms with Gasteiger partial charge in [0.05, 0.1) is 11.1 Å². The number of rotatable bonds is 6. The molecule has 0 aromatic heterocycles. The van der Waals surface area contributed by atoms with Gasteiger partial charge in [0.25, 0.3) is 5.91 Å². The minimum absolute atomic E-state index is 0.151. The molecule has 0 radical (unpaired) electrons. The monoisotopic (exact) mass is 424 g/mol. The molecule has 2 aromatic rings. The van der Waals surface area contributed by atoms with Gasteiger partial charge in [-0.25, -0.2) is 0 Å². The first kappa shape index (κ1) is 19.2. The Morgan fingerprint density at radius 1 is 1.20 bits per heavy atom. The Hall–Kier alpha value is -2.16. The van der Waals surface area contributed by atoms with Gasteiger partial charge < -0.3 is 19.9 Å². The summed E-state index contributed by atoms with van der Waals surface area (Å²) in [5.41, 5.74) is 1.09. The molecule has 0 saturated heterocycles. The van der Waals surface area contributed by atoms with Crippen LogP contribution >= 0.6 is 28.1 Å². The summed E-state index contributed by atoms with van der Waals surface area (Å²) < 4.78 is 11.1. The Bertz CT molecular complexity index is 753. The third-order valence-electron chi connectivity index (χ3n) is 3.09. The van der Waals surface area contributed by atoms with Crippen molar-refractivity contribution in [1.82, 2.24) is 5.32 Å². The lowest BCUT2D eigenvalue weighted by Crippen LogP contribution is -2.34. The number of nitrogens with one attached hydrogen (secondary N) is 2. The number of methoxy groups -OCH3 is 1. The van der Waals surface area contributed by atoms with E-state index in [0.29, 0.717) is 34.7 Å². The fraction of sp³-hybridized carbons (Fsp3) is 0.176. The van der Waals surface area contributed by atoms with Gasteiger partial charge in [0.2, 0.25) is 0 Å². The molecule has 0 aliphatic rings. The van der Waals surface area contributed by atoms with Crippen molar-refractivity contribution in [2.45, 2.75) is 0 Å². The molecule has 6 nitrogen and oxygen atoms in total. The lowest BCUT2D eigenvalue weighted by atomic mass is 10.2. The van der Waals surface area contributed by atoms with Crippen LogP contribution in [-0.2, 0) is 4.74 Å². The largest absolute Gasteiger partial charge is 0.508 e. The second-order valence-corrected chi connectivity index (χ2v) is 6.20. The first-order valence-corrected chi connectivity index (χ1v) is 8.52. The number of benzene rings is 2. The van der Waals surface area contributed by atoms with E-state index in [9.17, 15) is 9.90 Å². The number of carbonyl (C=O) groups is 1. The molecule has 2 rings (SSSR count). The molecular formula is C17H17BrN2O4S. The van der Waals surface area contributed by atoms with E-state index in [2.05, 4.69) is 26.6 Å². The van der Waals surface area contributed by atoms with Crippen LogP contribution in [0.4, 0.5) is 5.69 Å². The summed E-state index contributed by atoms with van der Waals surface area (Å²) >= 11 is 8.49. The van der Waals surface area contributed by atoms with Gasteiger partial charge in [0, 0.05) is 18.4 Å². The fourth-order valence-electron chi connectivity index (χ4n) is 1.88.